The number of Topliss-reactive ketones (excluding diaryl/α,β-unsaturated/α-hetero) is 1. The number of phenols is 3. The van der Waals surface area contributed by atoms with Crippen LogP contribution in [0.3, 0.4) is 0 Å². The Kier molecular flexibility index (Phi) is 4.31. The van der Waals surface area contributed by atoms with Gasteiger partial charge in [-0.15, -0.1) is 0 Å². The van der Waals surface area contributed by atoms with Gasteiger partial charge in [0.2, 0.25) is 5.75 Å². The van der Waals surface area contributed by atoms with E-state index < -0.39 is 6.10 Å². The predicted molar refractivity (Wildman–Crippen MR) is 92.8 cm³/mol. The number of carbonyl (C=O) groups is 1. The third-order valence-electron chi connectivity index (χ3n) is 4.65. The lowest BCUT2D eigenvalue weighted by Gasteiger charge is -2.29. The topological polar surface area (TPSA) is 105 Å². The molecule has 0 radical (unpaired) electrons. The summed E-state index contributed by atoms with van der Waals surface area (Å²) < 4.78 is 16.2. The minimum Gasteiger partial charge on any atom is -0.507 e. The lowest BCUT2D eigenvalue weighted by Crippen LogP contribution is -2.21. The monoisotopic (exact) mass is 360 g/mol. The van der Waals surface area contributed by atoms with Crippen molar-refractivity contribution in [3.63, 3.8) is 0 Å². The molecule has 7 heteroatoms. The zero-order valence-corrected chi connectivity index (χ0v) is 14.9. The van der Waals surface area contributed by atoms with E-state index in [-0.39, 0.29) is 57.8 Å². The molecule has 3 rings (SSSR count). The van der Waals surface area contributed by atoms with Gasteiger partial charge in [0.05, 0.1) is 20.6 Å². The number of fused-ring (bicyclic) bond motifs is 1. The molecule has 0 saturated heterocycles. The second-order valence-corrected chi connectivity index (χ2v) is 6.16. The highest BCUT2D eigenvalue weighted by atomic mass is 16.5. The maximum Gasteiger partial charge on any atom is 0.200 e. The van der Waals surface area contributed by atoms with E-state index in [0.717, 1.165) is 0 Å². The highest BCUT2D eigenvalue weighted by Gasteiger charge is 2.34. The minimum atomic E-state index is -0.682. The van der Waals surface area contributed by atoms with Crippen LogP contribution in [0.25, 0.3) is 0 Å². The first kappa shape index (κ1) is 17.7. The second-order valence-electron chi connectivity index (χ2n) is 6.16. The molecule has 0 amide bonds. The fourth-order valence-electron chi connectivity index (χ4n) is 3.13. The summed E-state index contributed by atoms with van der Waals surface area (Å²) in [5, 5.41) is 30.5. The molecule has 1 heterocycles. The molecular formula is C19H20O7. The van der Waals surface area contributed by atoms with E-state index in [0.29, 0.717) is 11.1 Å². The largest absolute Gasteiger partial charge is 0.507 e. The minimum absolute atomic E-state index is 0.0126. The fraction of sp³-hybridized carbons (Fsp3) is 0.316. The van der Waals surface area contributed by atoms with E-state index in [1.165, 1.54) is 21.1 Å². The van der Waals surface area contributed by atoms with Crippen molar-refractivity contribution < 1.29 is 34.3 Å². The van der Waals surface area contributed by atoms with Crippen LogP contribution in [0.1, 0.15) is 39.6 Å². The Morgan fingerprint density at radius 1 is 0.962 bits per heavy atom. The van der Waals surface area contributed by atoms with Crippen LogP contribution in [-0.4, -0.2) is 35.3 Å². The van der Waals surface area contributed by atoms with Gasteiger partial charge in [0.25, 0.3) is 0 Å². The summed E-state index contributed by atoms with van der Waals surface area (Å²) in [6.07, 6.45) is -0.694. The molecule has 1 aliphatic rings. The van der Waals surface area contributed by atoms with E-state index in [1.54, 1.807) is 19.1 Å². The second kappa shape index (κ2) is 6.33. The molecule has 2 aromatic rings. The van der Waals surface area contributed by atoms with Gasteiger partial charge in [0.1, 0.15) is 28.9 Å². The number of carbonyl (C=O) groups excluding carboxylic acids is 1. The molecule has 1 aliphatic heterocycles. The zero-order chi connectivity index (χ0) is 19.2. The lowest BCUT2D eigenvalue weighted by atomic mass is 9.91. The number of ketones is 1. The van der Waals surface area contributed by atoms with Gasteiger partial charge < -0.3 is 29.5 Å². The van der Waals surface area contributed by atoms with Gasteiger partial charge in [-0.2, -0.15) is 0 Å². The Balaban J connectivity index is 2.12. The van der Waals surface area contributed by atoms with E-state index in [9.17, 15) is 20.1 Å². The van der Waals surface area contributed by atoms with E-state index in [4.69, 9.17) is 14.2 Å². The standard InChI is InChI=1S/C19H20O7/c1-8-16(21)9(2)19-15(17(8)22)11(20)7-12(26-19)10-5-13(24-3)18(23)14(6-10)25-4/h5-6,12,21-23H,7H2,1-4H3/t12-/m0/s1. The van der Waals surface area contributed by atoms with E-state index >= 15 is 0 Å². The average Bonchev–Trinajstić information content (AvgIpc) is 2.64. The number of hydrogen-bond donors (Lipinski definition) is 3. The lowest BCUT2D eigenvalue weighted by molar-refractivity contribution is 0.0841. The van der Waals surface area contributed by atoms with Crippen LogP contribution in [0, 0.1) is 13.8 Å². The first-order chi connectivity index (χ1) is 12.3. The number of ether oxygens (including phenoxy) is 3. The van der Waals surface area contributed by atoms with Crippen molar-refractivity contribution in [3.8, 4) is 34.5 Å². The fourth-order valence-corrected chi connectivity index (χ4v) is 3.13. The number of methoxy groups -OCH3 is 2. The van der Waals surface area contributed by atoms with Crippen molar-refractivity contribution in [1.29, 1.82) is 0 Å². The van der Waals surface area contributed by atoms with Gasteiger partial charge >= 0.3 is 0 Å². The summed E-state index contributed by atoms with van der Waals surface area (Å²) in [4.78, 5) is 12.6. The molecule has 1 atom stereocenters. The molecule has 0 aromatic heterocycles. The molecular weight excluding hydrogens is 340 g/mol. The van der Waals surface area contributed by atoms with Crippen molar-refractivity contribution >= 4 is 5.78 Å². The van der Waals surface area contributed by atoms with Crippen LogP contribution in [-0.2, 0) is 0 Å². The normalized spacial score (nSPS) is 16.0. The third-order valence-corrected chi connectivity index (χ3v) is 4.65. The molecule has 2 aromatic carbocycles. The maximum absolute atomic E-state index is 12.6. The van der Waals surface area contributed by atoms with Gasteiger partial charge in [0, 0.05) is 16.7 Å². The van der Waals surface area contributed by atoms with E-state index in [2.05, 4.69) is 0 Å². The molecule has 0 saturated carbocycles. The Morgan fingerprint density at radius 3 is 2.08 bits per heavy atom. The summed E-state index contributed by atoms with van der Waals surface area (Å²) in [6.45, 7) is 3.15. The highest BCUT2D eigenvalue weighted by Crippen LogP contribution is 2.48. The van der Waals surface area contributed by atoms with Gasteiger partial charge in [-0.25, -0.2) is 0 Å². The summed E-state index contributed by atoms with van der Waals surface area (Å²) >= 11 is 0. The van der Waals surface area contributed by atoms with Gasteiger partial charge in [0.15, 0.2) is 17.3 Å². The Hall–Kier alpha value is -3.09. The summed E-state index contributed by atoms with van der Waals surface area (Å²) in [7, 11) is 2.81. The average molecular weight is 360 g/mol. The smallest absolute Gasteiger partial charge is 0.200 e. The van der Waals surface area contributed by atoms with Gasteiger partial charge in [-0.1, -0.05) is 0 Å². The van der Waals surface area contributed by atoms with Crippen LogP contribution < -0.4 is 14.2 Å². The van der Waals surface area contributed by atoms with Crippen LogP contribution in [0.5, 0.6) is 34.5 Å². The van der Waals surface area contributed by atoms with Gasteiger partial charge in [-0.05, 0) is 26.0 Å². The number of hydrogen-bond acceptors (Lipinski definition) is 7. The van der Waals surface area contributed by atoms with Crippen molar-refractivity contribution in [2.24, 2.45) is 0 Å². The summed E-state index contributed by atoms with van der Waals surface area (Å²) in [5.74, 6) is -0.310. The molecule has 0 aliphatic carbocycles. The number of benzene rings is 2. The molecule has 0 unspecified atom stereocenters. The maximum atomic E-state index is 12.6. The molecule has 3 N–H and O–H groups in total. The Bertz CT molecular complexity index is 876. The summed E-state index contributed by atoms with van der Waals surface area (Å²) in [6, 6.07) is 3.12. The number of rotatable bonds is 3. The van der Waals surface area contributed by atoms with Crippen LogP contribution in [0.15, 0.2) is 12.1 Å². The zero-order valence-electron chi connectivity index (χ0n) is 14.9. The number of phenolic OH excluding ortho intramolecular Hbond substituents is 3. The molecule has 0 fully saturated rings. The van der Waals surface area contributed by atoms with Crippen molar-refractivity contribution in [2.75, 3.05) is 14.2 Å². The third kappa shape index (κ3) is 2.56. The predicted octanol–water partition coefficient (Wildman–Crippen LogP) is 3.14. The van der Waals surface area contributed by atoms with E-state index in [1.807, 2.05) is 0 Å². The van der Waals surface area contributed by atoms with Crippen molar-refractivity contribution in [3.05, 3.63) is 34.4 Å². The van der Waals surface area contributed by atoms with Crippen molar-refractivity contribution in [1.82, 2.24) is 0 Å². The Morgan fingerprint density at radius 2 is 1.54 bits per heavy atom. The Labute approximate surface area is 150 Å². The van der Waals surface area contributed by atoms with Crippen LogP contribution >= 0.6 is 0 Å². The van der Waals surface area contributed by atoms with Crippen LogP contribution in [0.4, 0.5) is 0 Å². The molecule has 0 spiro atoms. The molecule has 7 nitrogen and oxygen atoms in total. The SMILES string of the molecule is COc1cc([C@@H]2CC(=O)c3c(O)c(C)c(O)c(C)c3O2)cc(OC)c1O. The van der Waals surface area contributed by atoms with Crippen LogP contribution in [0.2, 0.25) is 0 Å². The molecule has 26 heavy (non-hydrogen) atoms. The first-order valence-corrected chi connectivity index (χ1v) is 7.99. The molecule has 0 bridgehead atoms. The molecule has 138 valence electrons. The quantitative estimate of drug-likeness (QED) is 0.772. The highest BCUT2D eigenvalue weighted by molar-refractivity contribution is 6.03. The first-order valence-electron chi connectivity index (χ1n) is 7.99. The summed E-state index contributed by atoms with van der Waals surface area (Å²) in [5.41, 5.74) is 1.26. The number of aromatic hydroxyl groups is 3. The van der Waals surface area contributed by atoms with Gasteiger partial charge in [-0.3, -0.25) is 4.79 Å². The van der Waals surface area contributed by atoms with Crippen molar-refractivity contribution in [2.45, 2.75) is 26.4 Å².